The Morgan fingerprint density at radius 3 is 2.29 bits per heavy atom. The summed E-state index contributed by atoms with van der Waals surface area (Å²) >= 11 is 0. The van der Waals surface area contributed by atoms with Crippen LogP contribution in [0, 0.1) is 11.6 Å². The maximum atomic E-state index is 13.5. The van der Waals surface area contributed by atoms with Crippen molar-refractivity contribution in [2.45, 2.75) is 24.3 Å². The number of halogens is 2. The van der Waals surface area contributed by atoms with Crippen LogP contribution in [0.3, 0.4) is 0 Å². The molecule has 0 bridgehead atoms. The Kier molecular flexibility index (Phi) is 6.42. The smallest absolute Gasteiger partial charge is 0.246 e. The van der Waals surface area contributed by atoms with Crippen molar-refractivity contribution >= 4 is 10.0 Å². The van der Waals surface area contributed by atoms with Crippen LogP contribution in [0.1, 0.15) is 25.0 Å². The zero-order valence-electron chi connectivity index (χ0n) is 13.2. The minimum Gasteiger partial charge on any atom is -0.374 e. The third kappa shape index (κ3) is 4.83. The first-order valence-electron chi connectivity index (χ1n) is 7.52. The van der Waals surface area contributed by atoms with Gasteiger partial charge in [0.1, 0.15) is 11.6 Å². The van der Waals surface area contributed by atoms with Gasteiger partial charge in [-0.3, -0.25) is 0 Å². The Balaban J connectivity index is 1.82. The molecule has 0 amide bonds. The highest BCUT2D eigenvalue weighted by atomic mass is 32.2. The van der Waals surface area contributed by atoms with Crippen LogP contribution in [-0.2, 0) is 14.8 Å². The van der Waals surface area contributed by atoms with E-state index in [1.807, 2.05) is 37.3 Å². The Morgan fingerprint density at radius 2 is 1.67 bits per heavy atom. The lowest BCUT2D eigenvalue weighted by Crippen LogP contribution is -2.27. The molecule has 7 heteroatoms. The van der Waals surface area contributed by atoms with Gasteiger partial charge in [-0.05, 0) is 31.0 Å². The number of hydrogen-bond donors (Lipinski definition) is 1. The predicted octanol–water partition coefficient (Wildman–Crippen LogP) is 3.41. The molecule has 2 aromatic carbocycles. The molecule has 0 saturated carbocycles. The Labute approximate surface area is 140 Å². The minimum absolute atomic E-state index is 0.0254. The van der Waals surface area contributed by atoms with Crippen LogP contribution >= 0.6 is 0 Å². The first-order chi connectivity index (χ1) is 11.4. The second kappa shape index (κ2) is 8.32. The van der Waals surface area contributed by atoms with Crippen molar-refractivity contribution in [2.24, 2.45) is 0 Å². The van der Waals surface area contributed by atoms with Gasteiger partial charge >= 0.3 is 0 Å². The van der Waals surface area contributed by atoms with Gasteiger partial charge in [0.05, 0.1) is 6.10 Å². The van der Waals surface area contributed by atoms with E-state index in [9.17, 15) is 17.2 Å². The van der Waals surface area contributed by atoms with Gasteiger partial charge in [-0.1, -0.05) is 36.4 Å². The van der Waals surface area contributed by atoms with Crippen molar-refractivity contribution in [1.82, 2.24) is 4.72 Å². The maximum absolute atomic E-state index is 13.5. The van der Waals surface area contributed by atoms with Crippen LogP contribution in [0.15, 0.2) is 53.4 Å². The third-order valence-corrected chi connectivity index (χ3v) is 4.95. The zero-order chi connectivity index (χ0) is 17.6. The molecular weight excluding hydrogens is 336 g/mol. The van der Waals surface area contributed by atoms with Crippen molar-refractivity contribution in [3.8, 4) is 0 Å². The van der Waals surface area contributed by atoms with Crippen molar-refractivity contribution < 1.29 is 21.9 Å². The van der Waals surface area contributed by atoms with Gasteiger partial charge in [0.15, 0.2) is 4.90 Å². The van der Waals surface area contributed by atoms with E-state index in [1.165, 1.54) is 0 Å². The summed E-state index contributed by atoms with van der Waals surface area (Å²) in [6, 6.07) is 12.5. The summed E-state index contributed by atoms with van der Waals surface area (Å²) in [7, 11) is -4.23. The van der Waals surface area contributed by atoms with Crippen molar-refractivity contribution in [3.63, 3.8) is 0 Å². The highest BCUT2D eigenvalue weighted by Gasteiger charge is 2.23. The zero-order valence-corrected chi connectivity index (χ0v) is 14.0. The average molecular weight is 355 g/mol. The topological polar surface area (TPSA) is 55.4 Å². The van der Waals surface area contributed by atoms with E-state index in [0.29, 0.717) is 13.0 Å². The molecule has 0 saturated heterocycles. The maximum Gasteiger partial charge on any atom is 0.246 e. The Bertz CT molecular complexity index is 746. The van der Waals surface area contributed by atoms with Crippen LogP contribution in [0.4, 0.5) is 8.78 Å². The molecule has 0 aliphatic carbocycles. The fourth-order valence-electron chi connectivity index (χ4n) is 2.17. The van der Waals surface area contributed by atoms with E-state index in [2.05, 4.69) is 4.72 Å². The number of sulfonamides is 1. The van der Waals surface area contributed by atoms with E-state index in [0.717, 1.165) is 23.8 Å². The fraction of sp³-hybridized carbons (Fsp3) is 0.294. The molecule has 0 unspecified atom stereocenters. The number of rotatable bonds is 8. The first-order valence-corrected chi connectivity index (χ1v) is 9.00. The third-order valence-electron chi connectivity index (χ3n) is 3.44. The predicted molar refractivity (Wildman–Crippen MR) is 87.0 cm³/mol. The molecule has 1 atom stereocenters. The molecule has 2 rings (SSSR count). The van der Waals surface area contributed by atoms with Gasteiger partial charge in [-0.2, -0.15) is 0 Å². The molecule has 4 nitrogen and oxygen atoms in total. The van der Waals surface area contributed by atoms with Gasteiger partial charge in [-0.25, -0.2) is 21.9 Å². The van der Waals surface area contributed by atoms with Gasteiger partial charge in [0.25, 0.3) is 0 Å². The standard InChI is InChI=1S/C17H19F2NO3S/c1-13(14-7-3-2-4-8-14)23-12-6-11-20-24(21,22)17-15(18)9-5-10-16(17)19/h2-5,7-10,13,20H,6,11-12H2,1H3/t13-/m1/s1. The molecule has 0 heterocycles. The number of benzene rings is 2. The monoisotopic (exact) mass is 355 g/mol. The number of nitrogens with one attached hydrogen (secondary N) is 1. The summed E-state index contributed by atoms with van der Waals surface area (Å²) in [5.41, 5.74) is 1.02. The van der Waals surface area contributed by atoms with E-state index in [4.69, 9.17) is 4.74 Å². The average Bonchev–Trinajstić information content (AvgIpc) is 2.54. The molecular formula is C17H19F2NO3S. The Morgan fingerprint density at radius 1 is 1.04 bits per heavy atom. The molecule has 0 radical (unpaired) electrons. The van der Waals surface area contributed by atoms with Crippen LogP contribution in [-0.4, -0.2) is 21.6 Å². The highest BCUT2D eigenvalue weighted by Crippen LogP contribution is 2.18. The number of ether oxygens (including phenoxy) is 1. The van der Waals surface area contributed by atoms with E-state index < -0.39 is 26.6 Å². The lowest BCUT2D eigenvalue weighted by atomic mass is 10.1. The molecule has 0 spiro atoms. The summed E-state index contributed by atoms with van der Waals surface area (Å²) in [5, 5.41) is 0. The van der Waals surface area contributed by atoms with Crippen LogP contribution in [0.25, 0.3) is 0 Å². The minimum atomic E-state index is -4.23. The molecule has 130 valence electrons. The van der Waals surface area contributed by atoms with Crippen LogP contribution in [0.2, 0.25) is 0 Å². The molecule has 0 aromatic heterocycles. The normalized spacial score (nSPS) is 13.0. The quantitative estimate of drug-likeness (QED) is 0.739. The van der Waals surface area contributed by atoms with E-state index in [-0.39, 0.29) is 12.6 Å². The van der Waals surface area contributed by atoms with Gasteiger partial charge < -0.3 is 4.74 Å². The molecule has 0 fully saturated rings. The summed E-state index contributed by atoms with van der Waals surface area (Å²) < 4.78 is 58.8. The molecule has 1 N–H and O–H groups in total. The summed E-state index contributed by atoms with van der Waals surface area (Å²) in [6.07, 6.45) is 0.263. The van der Waals surface area contributed by atoms with Gasteiger partial charge in [0.2, 0.25) is 10.0 Å². The first kappa shape index (κ1) is 18.5. The van der Waals surface area contributed by atoms with E-state index in [1.54, 1.807) is 0 Å². The largest absolute Gasteiger partial charge is 0.374 e. The fourth-order valence-corrected chi connectivity index (χ4v) is 3.38. The summed E-state index contributed by atoms with van der Waals surface area (Å²) in [4.78, 5) is -0.955. The van der Waals surface area contributed by atoms with Crippen molar-refractivity contribution in [3.05, 3.63) is 65.7 Å². The lowest BCUT2D eigenvalue weighted by Gasteiger charge is -2.13. The molecule has 0 aliphatic heterocycles. The van der Waals surface area contributed by atoms with Crippen LogP contribution < -0.4 is 4.72 Å². The second-order valence-electron chi connectivity index (χ2n) is 5.23. The van der Waals surface area contributed by atoms with E-state index >= 15 is 0 Å². The lowest BCUT2D eigenvalue weighted by molar-refractivity contribution is 0.0647. The SMILES string of the molecule is C[C@@H](OCCCNS(=O)(=O)c1c(F)cccc1F)c1ccccc1. The van der Waals surface area contributed by atoms with Crippen LogP contribution in [0.5, 0.6) is 0 Å². The molecule has 24 heavy (non-hydrogen) atoms. The number of hydrogen-bond acceptors (Lipinski definition) is 3. The van der Waals surface area contributed by atoms with Crippen molar-refractivity contribution in [2.75, 3.05) is 13.2 Å². The van der Waals surface area contributed by atoms with Gasteiger partial charge in [0, 0.05) is 13.2 Å². The van der Waals surface area contributed by atoms with Gasteiger partial charge in [-0.15, -0.1) is 0 Å². The summed E-state index contributed by atoms with van der Waals surface area (Å²) in [5.74, 6) is -2.23. The second-order valence-corrected chi connectivity index (χ2v) is 6.93. The Hall–Kier alpha value is -1.83. The highest BCUT2D eigenvalue weighted by molar-refractivity contribution is 7.89. The molecule has 2 aromatic rings. The van der Waals surface area contributed by atoms with Crippen molar-refractivity contribution in [1.29, 1.82) is 0 Å². The summed E-state index contributed by atoms with van der Waals surface area (Å²) in [6.45, 7) is 2.24. The molecule has 0 aliphatic rings.